The maximum Gasteiger partial charge on any atom is 0.234 e. The topological polar surface area (TPSA) is 44.4 Å². The van der Waals surface area contributed by atoms with Gasteiger partial charge in [0.25, 0.3) is 0 Å². The molecule has 1 amide bonds. The number of nitrogens with zero attached hydrogens (tertiary/aromatic N) is 1. The first-order chi connectivity index (χ1) is 7.34. The number of hydrogen-bond acceptors (Lipinski definition) is 3. The van der Waals surface area contributed by atoms with Gasteiger partial charge in [-0.15, -0.1) is 0 Å². The lowest BCUT2D eigenvalue weighted by molar-refractivity contribution is -0.124. The lowest BCUT2D eigenvalue weighted by Crippen LogP contribution is -2.49. The van der Waals surface area contributed by atoms with Gasteiger partial charge in [-0.05, 0) is 25.8 Å². The Bertz CT molecular complexity index is 214. The van der Waals surface area contributed by atoms with E-state index in [4.69, 9.17) is 0 Å². The lowest BCUT2D eigenvalue weighted by Gasteiger charge is -2.29. The molecule has 0 radical (unpaired) electrons. The molecule has 2 fully saturated rings. The molecule has 2 saturated heterocycles. The molecule has 2 aliphatic rings. The summed E-state index contributed by atoms with van der Waals surface area (Å²) in [5.41, 5.74) is 0. The molecule has 0 spiro atoms. The molecule has 2 N–H and O–H groups in total. The van der Waals surface area contributed by atoms with Crippen LogP contribution in [0, 0.1) is 0 Å². The van der Waals surface area contributed by atoms with Gasteiger partial charge in [0.15, 0.2) is 0 Å². The first-order valence-electron chi connectivity index (χ1n) is 6.07. The summed E-state index contributed by atoms with van der Waals surface area (Å²) >= 11 is 0. The second-order valence-electron chi connectivity index (χ2n) is 4.56. The zero-order valence-corrected chi connectivity index (χ0v) is 9.30. The van der Waals surface area contributed by atoms with Crippen molar-refractivity contribution in [3.05, 3.63) is 0 Å². The number of piperazine rings is 1. The van der Waals surface area contributed by atoms with Crippen molar-refractivity contribution in [3.63, 3.8) is 0 Å². The highest BCUT2D eigenvalue weighted by Crippen LogP contribution is 2.10. The number of amides is 1. The van der Waals surface area contributed by atoms with E-state index >= 15 is 0 Å². The third kappa shape index (κ3) is 3.47. The van der Waals surface area contributed by atoms with Crippen molar-refractivity contribution in [2.45, 2.75) is 31.7 Å². The SMILES string of the molecule is O=C1CN(CCC2CCCCN2)CCN1. The Morgan fingerprint density at radius 3 is 3.00 bits per heavy atom. The predicted molar refractivity (Wildman–Crippen MR) is 59.7 cm³/mol. The zero-order chi connectivity index (χ0) is 10.5. The average molecular weight is 211 g/mol. The Morgan fingerprint density at radius 2 is 2.27 bits per heavy atom. The third-order valence-electron chi connectivity index (χ3n) is 3.32. The van der Waals surface area contributed by atoms with Gasteiger partial charge in [0, 0.05) is 25.7 Å². The van der Waals surface area contributed by atoms with Gasteiger partial charge in [0.2, 0.25) is 5.91 Å². The smallest absolute Gasteiger partial charge is 0.234 e. The van der Waals surface area contributed by atoms with Crippen molar-refractivity contribution in [2.24, 2.45) is 0 Å². The molecule has 1 unspecified atom stereocenters. The Kier molecular flexibility index (Phi) is 3.97. The molecule has 0 aliphatic carbocycles. The van der Waals surface area contributed by atoms with Crippen molar-refractivity contribution in [3.8, 4) is 0 Å². The van der Waals surface area contributed by atoms with Gasteiger partial charge in [0.1, 0.15) is 0 Å². The van der Waals surface area contributed by atoms with E-state index in [9.17, 15) is 4.79 Å². The Hall–Kier alpha value is -0.610. The summed E-state index contributed by atoms with van der Waals surface area (Å²) < 4.78 is 0. The van der Waals surface area contributed by atoms with Crippen LogP contribution in [0.25, 0.3) is 0 Å². The van der Waals surface area contributed by atoms with Crippen LogP contribution in [0.1, 0.15) is 25.7 Å². The molecule has 1 atom stereocenters. The largest absolute Gasteiger partial charge is 0.354 e. The standard InChI is InChI=1S/C11H21N3O/c15-11-9-14(8-6-13-11)7-4-10-3-1-2-5-12-10/h10,12H,1-9H2,(H,13,15). The summed E-state index contributed by atoms with van der Waals surface area (Å²) in [5.74, 6) is 0.179. The van der Waals surface area contributed by atoms with Gasteiger partial charge in [-0.2, -0.15) is 0 Å². The average Bonchev–Trinajstić information content (AvgIpc) is 2.28. The van der Waals surface area contributed by atoms with Crippen LogP contribution < -0.4 is 10.6 Å². The number of carbonyl (C=O) groups excluding carboxylic acids is 1. The quantitative estimate of drug-likeness (QED) is 0.688. The second kappa shape index (κ2) is 5.47. The Labute approximate surface area is 91.4 Å². The van der Waals surface area contributed by atoms with Crippen LogP contribution in [-0.2, 0) is 4.79 Å². The van der Waals surface area contributed by atoms with Crippen LogP contribution in [-0.4, -0.2) is 49.6 Å². The summed E-state index contributed by atoms with van der Waals surface area (Å²) in [6.45, 7) is 4.65. The fourth-order valence-corrected chi connectivity index (χ4v) is 2.39. The highest BCUT2D eigenvalue weighted by Gasteiger charge is 2.18. The van der Waals surface area contributed by atoms with Crippen LogP contribution in [0.2, 0.25) is 0 Å². The van der Waals surface area contributed by atoms with Gasteiger partial charge in [-0.25, -0.2) is 0 Å². The number of carbonyl (C=O) groups is 1. The fourth-order valence-electron chi connectivity index (χ4n) is 2.39. The van der Waals surface area contributed by atoms with Crippen molar-refractivity contribution < 1.29 is 4.79 Å². The van der Waals surface area contributed by atoms with Gasteiger partial charge in [0.05, 0.1) is 6.54 Å². The molecule has 2 heterocycles. The van der Waals surface area contributed by atoms with E-state index in [1.807, 2.05) is 0 Å². The van der Waals surface area contributed by atoms with E-state index in [0.717, 1.165) is 19.6 Å². The van der Waals surface area contributed by atoms with Gasteiger partial charge in [-0.1, -0.05) is 6.42 Å². The maximum absolute atomic E-state index is 11.2. The van der Waals surface area contributed by atoms with E-state index < -0.39 is 0 Å². The van der Waals surface area contributed by atoms with Gasteiger partial charge >= 0.3 is 0 Å². The number of hydrogen-bond donors (Lipinski definition) is 2. The summed E-state index contributed by atoms with van der Waals surface area (Å²) in [6, 6.07) is 0.684. The first-order valence-corrected chi connectivity index (χ1v) is 6.07. The second-order valence-corrected chi connectivity index (χ2v) is 4.56. The van der Waals surface area contributed by atoms with Crippen LogP contribution in [0.15, 0.2) is 0 Å². The molecular formula is C11H21N3O. The normalized spacial score (nSPS) is 28.8. The van der Waals surface area contributed by atoms with Crippen molar-refractivity contribution in [2.75, 3.05) is 32.7 Å². The predicted octanol–water partition coefficient (Wildman–Crippen LogP) is -0.0496. The molecule has 4 nitrogen and oxygen atoms in total. The van der Waals surface area contributed by atoms with E-state index in [0.29, 0.717) is 12.6 Å². The molecular weight excluding hydrogens is 190 g/mol. The van der Waals surface area contributed by atoms with Crippen molar-refractivity contribution in [1.82, 2.24) is 15.5 Å². The molecule has 0 aromatic rings. The van der Waals surface area contributed by atoms with Gasteiger partial charge in [-0.3, -0.25) is 9.69 Å². The van der Waals surface area contributed by atoms with Crippen LogP contribution in [0.3, 0.4) is 0 Å². The molecule has 0 bridgehead atoms. The molecule has 4 heteroatoms. The summed E-state index contributed by atoms with van der Waals surface area (Å²) in [6.07, 6.45) is 5.17. The van der Waals surface area contributed by atoms with E-state index in [2.05, 4.69) is 15.5 Å². The molecule has 0 aromatic carbocycles. The fraction of sp³-hybridized carbons (Fsp3) is 0.909. The number of piperidine rings is 1. The van der Waals surface area contributed by atoms with Crippen molar-refractivity contribution >= 4 is 5.91 Å². The Morgan fingerprint density at radius 1 is 1.33 bits per heavy atom. The summed E-state index contributed by atoms with van der Waals surface area (Å²) in [7, 11) is 0. The highest BCUT2D eigenvalue weighted by molar-refractivity contribution is 5.78. The monoisotopic (exact) mass is 211 g/mol. The summed E-state index contributed by atoms with van der Waals surface area (Å²) in [5, 5.41) is 6.40. The molecule has 86 valence electrons. The third-order valence-corrected chi connectivity index (χ3v) is 3.32. The van der Waals surface area contributed by atoms with Crippen LogP contribution in [0.5, 0.6) is 0 Å². The van der Waals surface area contributed by atoms with E-state index in [-0.39, 0.29) is 5.91 Å². The van der Waals surface area contributed by atoms with Crippen LogP contribution >= 0.6 is 0 Å². The van der Waals surface area contributed by atoms with E-state index in [1.165, 1.54) is 32.2 Å². The molecule has 15 heavy (non-hydrogen) atoms. The van der Waals surface area contributed by atoms with Crippen molar-refractivity contribution in [1.29, 1.82) is 0 Å². The minimum absolute atomic E-state index is 0.179. The highest BCUT2D eigenvalue weighted by atomic mass is 16.2. The van der Waals surface area contributed by atoms with E-state index in [1.54, 1.807) is 0 Å². The number of nitrogens with one attached hydrogen (secondary N) is 2. The van der Waals surface area contributed by atoms with Crippen LogP contribution in [0.4, 0.5) is 0 Å². The van der Waals surface area contributed by atoms with Gasteiger partial charge < -0.3 is 10.6 Å². The number of rotatable bonds is 3. The minimum Gasteiger partial charge on any atom is -0.354 e. The molecule has 2 rings (SSSR count). The first kappa shape index (κ1) is 10.9. The maximum atomic E-state index is 11.2. The minimum atomic E-state index is 0.179. The zero-order valence-electron chi connectivity index (χ0n) is 9.30. The molecule has 0 aromatic heterocycles. The molecule has 2 aliphatic heterocycles. The summed E-state index contributed by atoms with van der Waals surface area (Å²) in [4.78, 5) is 13.4. The Balaban J connectivity index is 1.65. The molecule has 0 saturated carbocycles. The lowest BCUT2D eigenvalue weighted by atomic mass is 10.0.